The number of amides is 3. The van der Waals surface area contributed by atoms with Crippen LogP contribution in [0.3, 0.4) is 0 Å². The van der Waals surface area contributed by atoms with Crippen molar-refractivity contribution in [2.24, 2.45) is 11.1 Å². The lowest BCUT2D eigenvalue weighted by Crippen LogP contribution is -2.48. The first-order valence-electron chi connectivity index (χ1n) is 7.42. The van der Waals surface area contributed by atoms with Crippen LogP contribution in [0.15, 0.2) is 29.2 Å². The molecule has 9 heteroatoms. The summed E-state index contributed by atoms with van der Waals surface area (Å²) in [5.41, 5.74) is 0.389. The van der Waals surface area contributed by atoms with Gasteiger partial charge in [-0.25, -0.2) is 18.4 Å². The van der Waals surface area contributed by atoms with Gasteiger partial charge < -0.3 is 15.5 Å². The van der Waals surface area contributed by atoms with Gasteiger partial charge in [-0.3, -0.25) is 4.79 Å². The summed E-state index contributed by atoms with van der Waals surface area (Å²) < 4.78 is 22.4. The van der Waals surface area contributed by atoms with Crippen LogP contribution in [-0.2, 0) is 14.8 Å². The molecule has 0 heterocycles. The first kappa shape index (κ1) is 19.9. The standard InChI is InChI=1S/C15H24N4O4S/c1-10(2)9-13(14(20)19(3)4)18-15(21)17-11-5-7-12(8-6-11)24(16,22)23/h5-8,10,13H,9H2,1-4H3,(H2,16,22,23)(H2,17,18,21). The van der Waals surface area contributed by atoms with E-state index in [-0.39, 0.29) is 16.7 Å². The van der Waals surface area contributed by atoms with Crippen molar-refractivity contribution in [1.29, 1.82) is 0 Å². The van der Waals surface area contributed by atoms with Gasteiger partial charge in [-0.05, 0) is 36.6 Å². The van der Waals surface area contributed by atoms with Gasteiger partial charge in [0.25, 0.3) is 0 Å². The molecule has 1 rings (SSSR count). The third-order valence-electron chi connectivity index (χ3n) is 3.19. The number of rotatable bonds is 6. The number of hydrogen-bond acceptors (Lipinski definition) is 4. The number of nitrogens with one attached hydrogen (secondary N) is 2. The zero-order valence-corrected chi connectivity index (χ0v) is 15.1. The molecule has 4 N–H and O–H groups in total. The molecule has 1 atom stereocenters. The lowest BCUT2D eigenvalue weighted by Gasteiger charge is -2.23. The summed E-state index contributed by atoms with van der Waals surface area (Å²) in [5.74, 6) is 0.0386. The number of primary sulfonamides is 1. The van der Waals surface area contributed by atoms with E-state index in [1.165, 1.54) is 29.2 Å². The predicted molar refractivity (Wildman–Crippen MR) is 91.9 cm³/mol. The number of likely N-dealkylation sites (N-methyl/N-ethyl adjacent to an activating group) is 1. The highest BCUT2D eigenvalue weighted by Gasteiger charge is 2.23. The fourth-order valence-corrected chi connectivity index (χ4v) is 2.57. The van der Waals surface area contributed by atoms with E-state index < -0.39 is 22.1 Å². The van der Waals surface area contributed by atoms with Crippen LogP contribution in [0.25, 0.3) is 0 Å². The molecule has 0 aromatic heterocycles. The highest BCUT2D eigenvalue weighted by molar-refractivity contribution is 7.89. The summed E-state index contributed by atoms with van der Waals surface area (Å²) in [4.78, 5) is 25.6. The van der Waals surface area contributed by atoms with E-state index in [1.807, 2.05) is 13.8 Å². The minimum atomic E-state index is -3.78. The third-order valence-corrected chi connectivity index (χ3v) is 4.12. The lowest BCUT2D eigenvalue weighted by molar-refractivity contribution is -0.131. The third kappa shape index (κ3) is 6.17. The summed E-state index contributed by atoms with van der Waals surface area (Å²) in [6.45, 7) is 3.92. The second-order valence-corrected chi connectivity index (χ2v) is 7.64. The Morgan fingerprint density at radius 2 is 1.71 bits per heavy atom. The number of sulfonamides is 1. The maximum atomic E-state index is 12.1. The van der Waals surface area contributed by atoms with Crippen molar-refractivity contribution in [3.63, 3.8) is 0 Å². The summed E-state index contributed by atoms with van der Waals surface area (Å²) in [5, 5.41) is 10.2. The van der Waals surface area contributed by atoms with E-state index in [2.05, 4.69) is 10.6 Å². The molecule has 1 aromatic carbocycles. The van der Waals surface area contributed by atoms with E-state index in [1.54, 1.807) is 14.1 Å². The largest absolute Gasteiger partial charge is 0.347 e. The molecule has 0 aliphatic rings. The van der Waals surface area contributed by atoms with E-state index in [9.17, 15) is 18.0 Å². The van der Waals surface area contributed by atoms with Crippen LogP contribution < -0.4 is 15.8 Å². The second-order valence-electron chi connectivity index (χ2n) is 6.08. The van der Waals surface area contributed by atoms with Gasteiger partial charge in [-0.1, -0.05) is 13.8 Å². The van der Waals surface area contributed by atoms with Gasteiger partial charge in [0.15, 0.2) is 0 Å². The zero-order valence-electron chi connectivity index (χ0n) is 14.2. The number of anilines is 1. The van der Waals surface area contributed by atoms with E-state index >= 15 is 0 Å². The molecule has 0 fully saturated rings. The Hall–Kier alpha value is -2.13. The molecule has 0 aliphatic carbocycles. The molecule has 134 valence electrons. The highest BCUT2D eigenvalue weighted by atomic mass is 32.2. The number of carbonyl (C=O) groups excluding carboxylic acids is 2. The minimum Gasteiger partial charge on any atom is -0.347 e. The van der Waals surface area contributed by atoms with Crippen LogP contribution in [0.2, 0.25) is 0 Å². The monoisotopic (exact) mass is 356 g/mol. The Kier molecular flexibility index (Phi) is 6.73. The average Bonchev–Trinajstić information content (AvgIpc) is 2.44. The normalized spacial score (nSPS) is 12.6. The van der Waals surface area contributed by atoms with Crippen LogP contribution in [-0.4, -0.2) is 45.4 Å². The Labute approximate surface area is 142 Å². The summed E-state index contributed by atoms with van der Waals surface area (Å²) in [7, 11) is -0.527. The molecular formula is C15H24N4O4S. The number of hydrogen-bond donors (Lipinski definition) is 3. The zero-order chi connectivity index (χ0) is 18.5. The molecule has 24 heavy (non-hydrogen) atoms. The first-order valence-corrected chi connectivity index (χ1v) is 8.97. The van der Waals surface area contributed by atoms with Gasteiger partial charge in [0.05, 0.1) is 4.90 Å². The van der Waals surface area contributed by atoms with E-state index in [0.717, 1.165) is 0 Å². The quantitative estimate of drug-likeness (QED) is 0.702. The number of carbonyl (C=O) groups is 2. The molecule has 8 nitrogen and oxygen atoms in total. The van der Waals surface area contributed by atoms with Crippen LogP contribution in [0.1, 0.15) is 20.3 Å². The molecule has 0 aliphatic heterocycles. The average molecular weight is 356 g/mol. The van der Waals surface area contributed by atoms with Gasteiger partial charge in [0.1, 0.15) is 6.04 Å². The van der Waals surface area contributed by atoms with Crippen LogP contribution in [0.5, 0.6) is 0 Å². The van der Waals surface area contributed by atoms with E-state index in [0.29, 0.717) is 12.1 Å². The first-order chi connectivity index (χ1) is 11.0. The predicted octanol–water partition coefficient (Wildman–Crippen LogP) is 0.958. The van der Waals surface area contributed by atoms with Gasteiger partial charge in [0, 0.05) is 19.8 Å². The molecular weight excluding hydrogens is 332 g/mol. The maximum absolute atomic E-state index is 12.1. The lowest BCUT2D eigenvalue weighted by atomic mass is 10.0. The fourth-order valence-electron chi connectivity index (χ4n) is 2.06. The molecule has 0 saturated heterocycles. The number of benzene rings is 1. The van der Waals surface area contributed by atoms with Crippen molar-refractivity contribution >= 4 is 27.6 Å². The van der Waals surface area contributed by atoms with Crippen molar-refractivity contribution in [1.82, 2.24) is 10.2 Å². The summed E-state index contributed by atoms with van der Waals surface area (Å²) in [6, 6.07) is 4.25. The van der Waals surface area contributed by atoms with Crippen molar-refractivity contribution in [2.75, 3.05) is 19.4 Å². The molecule has 0 spiro atoms. The number of nitrogens with zero attached hydrogens (tertiary/aromatic N) is 1. The fraction of sp³-hybridized carbons (Fsp3) is 0.467. The maximum Gasteiger partial charge on any atom is 0.319 e. The van der Waals surface area contributed by atoms with Crippen LogP contribution in [0, 0.1) is 5.92 Å². The van der Waals surface area contributed by atoms with Gasteiger partial charge >= 0.3 is 6.03 Å². The van der Waals surface area contributed by atoms with Crippen molar-refractivity contribution in [2.45, 2.75) is 31.2 Å². The van der Waals surface area contributed by atoms with Crippen molar-refractivity contribution in [3.05, 3.63) is 24.3 Å². The Bertz CT molecular complexity index is 684. The van der Waals surface area contributed by atoms with Crippen molar-refractivity contribution < 1.29 is 18.0 Å². The van der Waals surface area contributed by atoms with Gasteiger partial charge in [0.2, 0.25) is 15.9 Å². The Morgan fingerprint density at radius 1 is 1.17 bits per heavy atom. The molecule has 0 bridgehead atoms. The van der Waals surface area contributed by atoms with Crippen LogP contribution in [0.4, 0.5) is 10.5 Å². The van der Waals surface area contributed by atoms with Crippen LogP contribution >= 0.6 is 0 Å². The molecule has 1 aromatic rings. The van der Waals surface area contributed by atoms with Crippen molar-refractivity contribution in [3.8, 4) is 0 Å². The minimum absolute atomic E-state index is 0.0473. The summed E-state index contributed by atoms with van der Waals surface area (Å²) >= 11 is 0. The Balaban J connectivity index is 2.77. The molecule has 1 unspecified atom stereocenters. The Morgan fingerprint density at radius 3 is 2.12 bits per heavy atom. The van der Waals surface area contributed by atoms with Gasteiger partial charge in [-0.2, -0.15) is 0 Å². The summed E-state index contributed by atoms with van der Waals surface area (Å²) in [6.07, 6.45) is 0.509. The number of nitrogens with two attached hydrogens (primary N) is 1. The second kappa shape index (κ2) is 8.11. The topological polar surface area (TPSA) is 122 Å². The molecule has 0 radical (unpaired) electrons. The van der Waals surface area contributed by atoms with Gasteiger partial charge in [-0.15, -0.1) is 0 Å². The smallest absolute Gasteiger partial charge is 0.319 e. The molecule has 0 saturated carbocycles. The highest BCUT2D eigenvalue weighted by Crippen LogP contribution is 2.13. The molecule has 3 amide bonds. The number of urea groups is 1. The van der Waals surface area contributed by atoms with E-state index in [4.69, 9.17) is 5.14 Å². The SMILES string of the molecule is CC(C)CC(NC(=O)Nc1ccc(S(N)(=O)=O)cc1)C(=O)N(C)C.